The average molecular weight is 398 g/mol. The van der Waals surface area contributed by atoms with Crippen molar-refractivity contribution in [3.05, 3.63) is 65.7 Å². The molecule has 0 aliphatic rings. The summed E-state index contributed by atoms with van der Waals surface area (Å²) in [5, 5.41) is 6.24. The predicted molar refractivity (Wildman–Crippen MR) is 111 cm³/mol. The number of rotatable bonds is 6. The van der Waals surface area contributed by atoms with Crippen molar-refractivity contribution in [2.75, 3.05) is 18.1 Å². The molecule has 2 N–H and O–H groups in total. The molecule has 0 saturated heterocycles. The molecule has 0 saturated carbocycles. The molecule has 5 nitrogen and oxygen atoms in total. The fourth-order valence-corrected chi connectivity index (χ4v) is 4.25. The van der Waals surface area contributed by atoms with Crippen molar-refractivity contribution in [2.45, 2.75) is 11.3 Å². The van der Waals surface area contributed by atoms with Gasteiger partial charge in [-0.1, -0.05) is 71.1 Å². The van der Waals surface area contributed by atoms with Gasteiger partial charge in [-0.3, -0.25) is 9.59 Å². The SMILES string of the molecule is CNC(=O)CSc1nc(-c2ccccc2)c(NC(=O)c2ccc(C)cc2)s1. The number of carbonyl (C=O) groups is 2. The molecule has 27 heavy (non-hydrogen) atoms. The van der Waals surface area contributed by atoms with Crippen LogP contribution in [0.5, 0.6) is 0 Å². The third-order valence-electron chi connectivity index (χ3n) is 3.80. The van der Waals surface area contributed by atoms with Gasteiger partial charge in [-0.2, -0.15) is 0 Å². The summed E-state index contributed by atoms with van der Waals surface area (Å²) < 4.78 is 0.733. The summed E-state index contributed by atoms with van der Waals surface area (Å²) in [6, 6.07) is 17.1. The molecule has 1 heterocycles. The molecule has 0 unspecified atom stereocenters. The van der Waals surface area contributed by atoms with Gasteiger partial charge in [0.2, 0.25) is 5.91 Å². The second-order valence-corrected chi connectivity index (χ2v) is 8.03. The lowest BCUT2D eigenvalue weighted by molar-refractivity contribution is -0.118. The molecule has 2 aromatic carbocycles. The van der Waals surface area contributed by atoms with Crippen LogP contribution in [-0.4, -0.2) is 29.6 Å². The molecule has 0 aliphatic heterocycles. The van der Waals surface area contributed by atoms with Crippen molar-refractivity contribution >= 4 is 39.9 Å². The summed E-state index contributed by atoms with van der Waals surface area (Å²) in [7, 11) is 1.60. The van der Waals surface area contributed by atoms with Gasteiger partial charge >= 0.3 is 0 Å². The van der Waals surface area contributed by atoms with Crippen molar-refractivity contribution < 1.29 is 9.59 Å². The summed E-state index contributed by atoms with van der Waals surface area (Å²) in [6.45, 7) is 1.98. The maximum Gasteiger partial charge on any atom is 0.256 e. The van der Waals surface area contributed by atoms with E-state index in [4.69, 9.17) is 0 Å². The lowest BCUT2D eigenvalue weighted by atomic mass is 10.1. The van der Waals surface area contributed by atoms with E-state index >= 15 is 0 Å². The summed E-state index contributed by atoms with van der Waals surface area (Å²) in [5.41, 5.74) is 3.31. The number of thiazole rings is 1. The zero-order valence-electron chi connectivity index (χ0n) is 15.0. The molecule has 138 valence electrons. The van der Waals surface area contributed by atoms with Crippen LogP contribution in [0.2, 0.25) is 0 Å². The zero-order chi connectivity index (χ0) is 19.2. The van der Waals surface area contributed by atoms with Gasteiger partial charge in [-0.25, -0.2) is 4.98 Å². The average Bonchev–Trinajstić information content (AvgIpc) is 3.10. The van der Waals surface area contributed by atoms with Gasteiger partial charge in [-0.15, -0.1) is 0 Å². The lowest BCUT2D eigenvalue weighted by Gasteiger charge is -2.05. The molecular weight excluding hydrogens is 378 g/mol. The Morgan fingerprint density at radius 1 is 1.07 bits per heavy atom. The number of carbonyl (C=O) groups excluding carboxylic acids is 2. The standard InChI is InChI=1S/C20H19N3O2S2/c1-13-8-10-15(11-9-13)18(25)23-19-17(14-6-4-3-5-7-14)22-20(27-19)26-12-16(24)21-2/h3-11H,12H2,1-2H3,(H,21,24)(H,23,25). The second kappa shape index (κ2) is 8.83. The first-order chi connectivity index (χ1) is 13.1. The molecule has 0 bridgehead atoms. The van der Waals surface area contributed by atoms with E-state index in [1.54, 1.807) is 19.2 Å². The number of thioether (sulfide) groups is 1. The molecule has 3 aromatic rings. The number of hydrogen-bond donors (Lipinski definition) is 2. The first-order valence-electron chi connectivity index (χ1n) is 8.34. The fraction of sp³-hybridized carbons (Fsp3) is 0.150. The maximum atomic E-state index is 12.6. The van der Waals surface area contributed by atoms with Crippen LogP contribution < -0.4 is 10.6 Å². The van der Waals surface area contributed by atoms with E-state index < -0.39 is 0 Å². The van der Waals surface area contributed by atoms with Crippen molar-refractivity contribution in [3.63, 3.8) is 0 Å². The smallest absolute Gasteiger partial charge is 0.256 e. The summed E-state index contributed by atoms with van der Waals surface area (Å²) in [5.74, 6) is 0.0317. The van der Waals surface area contributed by atoms with Gasteiger partial charge in [-0.05, 0) is 19.1 Å². The van der Waals surface area contributed by atoms with Crippen LogP contribution in [0.1, 0.15) is 15.9 Å². The quantitative estimate of drug-likeness (QED) is 0.611. The molecule has 0 spiro atoms. The number of nitrogens with one attached hydrogen (secondary N) is 2. The van der Waals surface area contributed by atoms with Crippen LogP contribution in [0, 0.1) is 6.92 Å². The van der Waals surface area contributed by atoms with E-state index in [-0.39, 0.29) is 17.6 Å². The maximum absolute atomic E-state index is 12.6. The third-order valence-corrected chi connectivity index (χ3v) is 5.91. The molecule has 2 amide bonds. The van der Waals surface area contributed by atoms with Crippen LogP contribution in [0.4, 0.5) is 5.00 Å². The van der Waals surface area contributed by atoms with Crippen LogP contribution in [-0.2, 0) is 4.79 Å². The topological polar surface area (TPSA) is 71.1 Å². The zero-order valence-corrected chi connectivity index (χ0v) is 16.6. The molecule has 0 fully saturated rings. The predicted octanol–water partition coefficient (Wildman–Crippen LogP) is 4.21. The van der Waals surface area contributed by atoms with E-state index in [0.717, 1.165) is 15.5 Å². The van der Waals surface area contributed by atoms with Crippen molar-refractivity contribution in [1.82, 2.24) is 10.3 Å². The van der Waals surface area contributed by atoms with Gasteiger partial charge in [0.25, 0.3) is 5.91 Å². The third kappa shape index (κ3) is 4.96. The highest BCUT2D eigenvalue weighted by Crippen LogP contribution is 2.37. The van der Waals surface area contributed by atoms with Crippen molar-refractivity contribution in [3.8, 4) is 11.3 Å². The summed E-state index contributed by atoms with van der Waals surface area (Å²) >= 11 is 2.72. The molecular formula is C20H19N3O2S2. The van der Waals surface area contributed by atoms with Crippen LogP contribution >= 0.6 is 23.1 Å². The fourth-order valence-electron chi connectivity index (χ4n) is 2.32. The Hall–Kier alpha value is -2.64. The van der Waals surface area contributed by atoms with Gasteiger partial charge in [0.05, 0.1) is 5.75 Å². The lowest BCUT2D eigenvalue weighted by Crippen LogP contribution is -2.19. The first-order valence-corrected chi connectivity index (χ1v) is 10.1. The number of anilines is 1. The second-order valence-electron chi connectivity index (χ2n) is 5.81. The minimum atomic E-state index is -0.182. The highest BCUT2D eigenvalue weighted by Gasteiger charge is 2.17. The Labute approximate surface area is 166 Å². The molecule has 3 rings (SSSR count). The minimum absolute atomic E-state index is 0.0679. The van der Waals surface area contributed by atoms with Gasteiger partial charge in [0.15, 0.2) is 4.34 Å². The molecule has 0 radical (unpaired) electrons. The number of benzene rings is 2. The van der Waals surface area contributed by atoms with E-state index in [2.05, 4.69) is 15.6 Å². The Kier molecular flexibility index (Phi) is 6.26. The number of amides is 2. The Balaban J connectivity index is 1.87. The monoisotopic (exact) mass is 397 g/mol. The highest BCUT2D eigenvalue weighted by atomic mass is 32.2. The summed E-state index contributed by atoms with van der Waals surface area (Å²) in [6.07, 6.45) is 0. The van der Waals surface area contributed by atoms with Crippen LogP contribution in [0.25, 0.3) is 11.3 Å². The molecule has 7 heteroatoms. The molecule has 0 aliphatic carbocycles. The number of aryl methyl sites for hydroxylation is 1. The Bertz CT molecular complexity index is 938. The van der Waals surface area contributed by atoms with Crippen molar-refractivity contribution in [1.29, 1.82) is 0 Å². The largest absolute Gasteiger partial charge is 0.358 e. The highest BCUT2D eigenvalue weighted by molar-refractivity contribution is 8.01. The number of hydrogen-bond acceptors (Lipinski definition) is 5. The summed E-state index contributed by atoms with van der Waals surface area (Å²) in [4.78, 5) is 28.8. The number of aromatic nitrogens is 1. The van der Waals surface area contributed by atoms with Gasteiger partial charge in [0, 0.05) is 18.2 Å². The molecule has 0 atom stereocenters. The van der Waals surface area contributed by atoms with E-state index in [1.807, 2.05) is 49.4 Å². The number of nitrogens with zero attached hydrogens (tertiary/aromatic N) is 1. The van der Waals surface area contributed by atoms with Gasteiger partial charge < -0.3 is 10.6 Å². The van der Waals surface area contributed by atoms with E-state index in [0.29, 0.717) is 16.3 Å². The normalized spacial score (nSPS) is 10.4. The van der Waals surface area contributed by atoms with Crippen molar-refractivity contribution in [2.24, 2.45) is 0 Å². The molecule has 1 aromatic heterocycles. The van der Waals surface area contributed by atoms with Crippen LogP contribution in [0.15, 0.2) is 58.9 Å². The Morgan fingerprint density at radius 3 is 2.44 bits per heavy atom. The Morgan fingerprint density at radius 2 is 1.78 bits per heavy atom. The first kappa shape index (κ1) is 19.1. The van der Waals surface area contributed by atoms with Crippen LogP contribution in [0.3, 0.4) is 0 Å². The van der Waals surface area contributed by atoms with E-state index in [1.165, 1.54) is 23.1 Å². The van der Waals surface area contributed by atoms with E-state index in [9.17, 15) is 9.59 Å². The minimum Gasteiger partial charge on any atom is -0.358 e. The van der Waals surface area contributed by atoms with Gasteiger partial charge in [0.1, 0.15) is 10.7 Å².